The second kappa shape index (κ2) is 8.36. The van der Waals surface area contributed by atoms with Crippen LogP contribution in [-0.2, 0) is 4.79 Å². The summed E-state index contributed by atoms with van der Waals surface area (Å²) in [6.07, 6.45) is 2.56. The van der Waals surface area contributed by atoms with E-state index in [2.05, 4.69) is 10.2 Å². The molecule has 0 saturated carbocycles. The van der Waals surface area contributed by atoms with E-state index in [1.54, 1.807) is 25.3 Å². The quantitative estimate of drug-likeness (QED) is 0.842. The Kier molecular flexibility index (Phi) is 6.49. The van der Waals surface area contributed by atoms with Gasteiger partial charge >= 0.3 is 0 Å². The molecule has 5 nitrogen and oxygen atoms in total. The number of aliphatic hydroxyl groups excluding tert-OH is 1. The van der Waals surface area contributed by atoms with E-state index in [1.807, 2.05) is 0 Å². The third-order valence-corrected chi connectivity index (χ3v) is 4.19. The maximum absolute atomic E-state index is 12.1. The van der Waals surface area contributed by atoms with Gasteiger partial charge in [0.15, 0.2) is 0 Å². The van der Waals surface area contributed by atoms with E-state index in [0.717, 1.165) is 25.9 Å². The second-order valence-electron chi connectivity index (χ2n) is 5.63. The molecule has 0 aliphatic carbocycles. The molecule has 1 unspecified atom stereocenters. The molecule has 122 valence electrons. The van der Waals surface area contributed by atoms with Crippen LogP contribution in [0.2, 0.25) is 5.02 Å². The molecule has 1 aliphatic heterocycles. The number of piperidine rings is 1. The minimum Gasteiger partial charge on any atom is -0.495 e. The van der Waals surface area contributed by atoms with Crippen molar-refractivity contribution in [1.29, 1.82) is 0 Å². The first-order valence-electron chi connectivity index (χ1n) is 7.59. The van der Waals surface area contributed by atoms with Crippen LogP contribution in [0.5, 0.6) is 5.75 Å². The van der Waals surface area contributed by atoms with Crippen LogP contribution in [0.25, 0.3) is 0 Å². The monoisotopic (exact) mass is 326 g/mol. The van der Waals surface area contributed by atoms with Crippen molar-refractivity contribution in [3.63, 3.8) is 0 Å². The van der Waals surface area contributed by atoms with Crippen LogP contribution in [0.4, 0.5) is 5.69 Å². The molecular formula is C16H23ClN2O3. The molecule has 0 radical (unpaired) electrons. The number of carbonyl (C=O) groups excluding carboxylic acids is 1. The second-order valence-corrected chi connectivity index (χ2v) is 6.07. The van der Waals surface area contributed by atoms with Crippen LogP contribution in [0, 0.1) is 5.92 Å². The van der Waals surface area contributed by atoms with Crippen LogP contribution < -0.4 is 10.1 Å². The van der Waals surface area contributed by atoms with Gasteiger partial charge < -0.3 is 20.1 Å². The summed E-state index contributed by atoms with van der Waals surface area (Å²) in [5.41, 5.74) is 0.590. The summed E-state index contributed by atoms with van der Waals surface area (Å²) in [6.45, 7) is 2.78. The largest absolute Gasteiger partial charge is 0.495 e. The van der Waals surface area contributed by atoms with Crippen LogP contribution >= 0.6 is 11.6 Å². The van der Waals surface area contributed by atoms with Gasteiger partial charge in [-0.1, -0.05) is 11.6 Å². The van der Waals surface area contributed by atoms with E-state index in [4.69, 9.17) is 16.3 Å². The Morgan fingerprint density at radius 2 is 2.36 bits per heavy atom. The summed E-state index contributed by atoms with van der Waals surface area (Å²) in [5.74, 6) is 0.868. The highest BCUT2D eigenvalue weighted by Crippen LogP contribution is 2.27. The van der Waals surface area contributed by atoms with Gasteiger partial charge in [-0.15, -0.1) is 0 Å². The zero-order valence-corrected chi connectivity index (χ0v) is 13.6. The van der Waals surface area contributed by atoms with Crippen LogP contribution in [0.3, 0.4) is 0 Å². The zero-order valence-electron chi connectivity index (χ0n) is 12.8. The fourth-order valence-electron chi connectivity index (χ4n) is 2.75. The van der Waals surface area contributed by atoms with Gasteiger partial charge in [-0.2, -0.15) is 0 Å². The van der Waals surface area contributed by atoms with Gasteiger partial charge in [0.1, 0.15) is 5.75 Å². The van der Waals surface area contributed by atoms with Crippen molar-refractivity contribution < 1.29 is 14.6 Å². The van der Waals surface area contributed by atoms with Crippen LogP contribution in [0.1, 0.15) is 19.3 Å². The number of methoxy groups -OCH3 is 1. The SMILES string of the molecule is COc1ccc(Cl)cc1NC(=O)CCN1CCCC(CO)C1. The first kappa shape index (κ1) is 17.1. The highest BCUT2D eigenvalue weighted by Gasteiger charge is 2.19. The lowest BCUT2D eigenvalue weighted by Gasteiger charge is -2.31. The molecule has 0 spiro atoms. The van der Waals surface area contributed by atoms with Gasteiger partial charge in [-0.25, -0.2) is 0 Å². The summed E-state index contributed by atoms with van der Waals surface area (Å²) in [6, 6.07) is 5.13. The Morgan fingerprint density at radius 1 is 1.55 bits per heavy atom. The smallest absolute Gasteiger partial charge is 0.225 e. The molecule has 1 heterocycles. The van der Waals surface area contributed by atoms with Gasteiger partial charge in [0.05, 0.1) is 12.8 Å². The van der Waals surface area contributed by atoms with Gasteiger partial charge in [-0.3, -0.25) is 4.79 Å². The Hall–Kier alpha value is -1.30. The van der Waals surface area contributed by atoms with Crippen molar-refractivity contribution in [2.45, 2.75) is 19.3 Å². The summed E-state index contributed by atoms with van der Waals surface area (Å²) < 4.78 is 5.21. The van der Waals surface area contributed by atoms with Crippen molar-refractivity contribution in [2.24, 2.45) is 5.92 Å². The molecule has 1 fully saturated rings. The molecule has 1 saturated heterocycles. The fraction of sp³-hybridized carbons (Fsp3) is 0.562. The number of halogens is 1. The molecule has 1 atom stereocenters. The molecule has 6 heteroatoms. The number of likely N-dealkylation sites (tertiary alicyclic amines) is 1. The van der Waals surface area contributed by atoms with Crippen LogP contribution in [0.15, 0.2) is 18.2 Å². The molecule has 1 aliphatic rings. The normalized spacial score (nSPS) is 19.0. The summed E-state index contributed by atoms with van der Waals surface area (Å²) >= 11 is 5.95. The highest BCUT2D eigenvalue weighted by atomic mass is 35.5. The number of rotatable bonds is 6. The third kappa shape index (κ3) is 4.87. The molecule has 0 aromatic heterocycles. The van der Waals surface area contributed by atoms with Gasteiger partial charge in [0.25, 0.3) is 0 Å². The number of ether oxygens (including phenoxy) is 1. The van der Waals surface area contributed by atoms with E-state index >= 15 is 0 Å². The van der Waals surface area contributed by atoms with Crippen molar-refractivity contribution in [1.82, 2.24) is 4.90 Å². The molecule has 1 aromatic rings. The Bertz CT molecular complexity index is 510. The molecule has 1 aromatic carbocycles. The van der Waals surface area contributed by atoms with Gasteiger partial charge in [0.2, 0.25) is 5.91 Å². The summed E-state index contributed by atoms with van der Waals surface area (Å²) in [7, 11) is 1.56. The molecule has 2 N–H and O–H groups in total. The number of anilines is 1. The number of aliphatic hydroxyl groups is 1. The number of nitrogens with zero attached hydrogens (tertiary/aromatic N) is 1. The Labute approximate surface area is 136 Å². The first-order chi connectivity index (χ1) is 10.6. The van der Waals surface area contributed by atoms with Crippen LogP contribution in [-0.4, -0.2) is 49.3 Å². The highest BCUT2D eigenvalue weighted by molar-refractivity contribution is 6.31. The number of carbonyl (C=O) groups is 1. The standard InChI is InChI=1S/C16H23ClN2O3/c1-22-15-5-4-13(17)9-14(15)18-16(21)6-8-19-7-2-3-12(10-19)11-20/h4-5,9,12,20H,2-3,6-8,10-11H2,1H3,(H,18,21). The zero-order chi connectivity index (χ0) is 15.9. The van der Waals surface area contributed by atoms with E-state index < -0.39 is 0 Å². The molecule has 0 bridgehead atoms. The molecule has 1 amide bonds. The summed E-state index contributed by atoms with van der Waals surface area (Å²) in [5, 5.41) is 12.6. The predicted octanol–water partition coefficient (Wildman–Crippen LogP) is 2.38. The van der Waals surface area contributed by atoms with E-state index in [0.29, 0.717) is 35.3 Å². The lowest BCUT2D eigenvalue weighted by atomic mass is 9.99. The predicted molar refractivity (Wildman–Crippen MR) is 87.5 cm³/mol. The minimum atomic E-state index is -0.0633. The fourth-order valence-corrected chi connectivity index (χ4v) is 2.93. The Balaban J connectivity index is 1.84. The lowest BCUT2D eigenvalue weighted by Crippen LogP contribution is -2.38. The number of hydrogen-bond donors (Lipinski definition) is 2. The van der Waals surface area contributed by atoms with Gasteiger partial charge in [-0.05, 0) is 43.5 Å². The Morgan fingerprint density at radius 3 is 3.09 bits per heavy atom. The first-order valence-corrected chi connectivity index (χ1v) is 7.96. The van der Waals surface area contributed by atoms with Crippen molar-refractivity contribution in [2.75, 3.05) is 38.7 Å². The number of nitrogens with one attached hydrogen (secondary N) is 1. The number of hydrogen-bond acceptors (Lipinski definition) is 4. The van der Waals surface area contributed by atoms with E-state index in [1.165, 1.54) is 0 Å². The maximum Gasteiger partial charge on any atom is 0.225 e. The molecule has 22 heavy (non-hydrogen) atoms. The lowest BCUT2D eigenvalue weighted by molar-refractivity contribution is -0.116. The third-order valence-electron chi connectivity index (χ3n) is 3.95. The minimum absolute atomic E-state index is 0.0633. The number of amides is 1. The molecular weight excluding hydrogens is 304 g/mol. The summed E-state index contributed by atoms with van der Waals surface area (Å²) in [4.78, 5) is 14.3. The number of benzene rings is 1. The average Bonchev–Trinajstić information content (AvgIpc) is 2.53. The van der Waals surface area contributed by atoms with Gasteiger partial charge in [0, 0.05) is 31.1 Å². The van der Waals surface area contributed by atoms with Crippen molar-refractivity contribution in [3.05, 3.63) is 23.2 Å². The van der Waals surface area contributed by atoms with Crippen molar-refractivity contribution >= 4 is 23.2 Å². The van der Waals surface area contributed by atoms with Crippen molar-refractivity contribution in [3.8, 4) is 5.75 Å². The average molecular weight is 327 g/mol. The van der Waals surface area contributed by atoms with E-state index in [9.17, 15) is 9.90 Å². The molecule has 2 rings (SSSR count). The topological polar surface area (TPSA) is 61.8 Å². The van der Waals surface area contributed by atoms with E-state index in [-0.39, 0.29) is 12.5 Å². The maximum atomic E-state index is 12.1.